The normalized spacial score (nSPS) is 29.8. The molecule has 1 aromatic heterocycles. The summed E-state index contributed by atoms with van der Waals surface area (Å²) in [5.41, 5.74) is 0.233. The molecule has 6 rings (SSSR count). The highest BCUT2D eigenvalue weighted by Gasteiger charge is 2.55. The molecule has 0 amide bonds. The van der Waals surface area contributed by atoms with Crippen LogP contribution in [0.15, 0.2) is 29.1 Å². The van der Waals surface area contributed by atoms with Gasteiger partial charge in [0.1, 0.15) is 5.82 Å². The molecule has 6 nitrogen and oxygen atoms in total. The zero-order valence-electron chi connectivity index (χ0n) is 18.3. The van der Waals surface area contributed by atoms with E-state index < -0.39 is 12.1 Å². The van der Waals surface area contributed by atoms with Crippen molar-refractivity contribution in [1.29, 1.82) is 0 Å². The third-order valence-corrected chi connectivity index (χ3v) is 7.87. The van der Waals surface area contributed by atoms with Gasteiger partial charge < -0.3 is 4.74 Å². The number of esters is 1. The van der Waals surface area contributed by atoms with Gasteiger partial charge in [0.05, 0.1) is 17.3 Å². The van der Waals surface area contributed by atoms with E-state index in [1.165, 1.54) is 23.8 Å². The van der Waals surface area contributed by atoms with Gasteiger partial charge in [-0.05, 0) is 75.3 Å². The Hall–Kier alpha value is -2.50. The van der Waals surface area contributed by atoms with Gasteiger partial charge in [0.25, 0.3) is 5.56 Å². The van der Waals surface area contributed by atoms with Crippen LogP contribution in [0, 0.1) is 23.2 Å². The lowest BCUT2D eigenvalue weighted by molar-refractivity contribution is -0.165. The van der Waals surface area contributed by atoms with Crippen LogP contribution in [-0.4, -0.2) is 27.4 Å². The number of aromatic nitrogens is 2. The number of benzene rings is 1. The Balaban J connectivity index is 1.23. The molecular formula is C25H30N2O4. The Labute approximate surface area is 182 Å². The summed E-state index contributed by atoms with van der Waals surface area (Å²) < 4.78 is 7.06. The largest absolute Gasteiger partial charge is 0.455 e. The van der Waals surface area contributed by atoms with E-state index in [0.29, 0.717) is 40.9 Å². The average Bonchev–Trinajstić information content (AvgIpc) is 2.73. The predicted octanol–water partition coefficient (Wildman–Crippen LogP) is 3.58. The number of rotatable bonds is 6. The maximum Gasteiger partial charge on any atom is 0.306 e. The first-order valence-corrected chi connectivity index (χ1v) is 11.5. The van der Waals surface area contributed by atoms with E-state index in [0.717, 1.165) is 19.3 Å². The second kappa shape index (κ2) is 7.57. The monoisotopic (exact) mass is 422 g/mol. The lowest BCUT2D eigenvalue weighted by atomic mass is 9.48. The Kier molecular flexibility index (Phi) is 4.98. The molecule has 0 saturated heterocycles. The smallest absolute Gasteiger partial charge is 0.306 e. The Bertz CT molecular complexity index is 1070. The quantitative estimate of drug-likeness (QED) is 0.665. The lowest BCUT2D eigenvalue weighted by Gasteiger charge is -2.56. The van der Waals surface area contributed by atoms with E-state index in [2.05, 4.69) is 4.98 Å². The molecule has 1 heterocycles. The van der Waals surface area contributed by atoms with Crippen molar-refractivity contribution in [2.45, 2.75) is 64.4 Å². The third-order valence-electron chi connectivity index (χ3n) is 7.87. The maximum atomic E-state index is 13.3. The molecule has 4 aliphatic carbocycles. The molecule has 0 N–H and O–H groups in total. The van der Waals surface area contributed by atoms with Crippen molar-refractivity contribution in [3.05, 3.63) is 40.4 Å². The molecule has 0 radical (unpaired) electrons. The fourth-order valence-electron chi connectivity index (χ4n) is 6.85. The molecule has 2 aromatic rings. The number of Topliss-reactive ketones (excluding diaryl/α,β-unsaturated/α-hetero) is 1. The van der Waals surface area contributed by atoms with Crippen molar-refractivity contribution in [2.75, 3.05) is 0 Å². The summed E-state index contributed by atoms with van der Waals surface area (Å²) in [5.74, 6) is 2.29. The molecule has 0 spiro atoms. The molecule has 6 heteroatoms. The number of ether oxygens (including phenoxy) is 1. The summed E-state index contributed by atoms with van der Waals surface area (Å²) in [6.45, 7) is 1.73. The summed E-state index contributed by atoms with van der Waals surface area (Å²) in [5, 5.41) is 0.561. The minimum absolute atomic E-state index is 0.0944. The van der Waals surface area contributed by atoms with Gasteiger partial charge in [-0.15, -0.1) is 0 Å². The topological polar surface area (TPSA) is 78.3 Å². The minimum Gasteiger partial charge on any atom is -0.455 e. The standard InChI is InChI=1S/C25H30N2O4/c1-15(23(29)25-12-16-9-17(13-25)11-18(10-16)14-25)31-22(28)8-7-21-26-20-6-4-3-5-19(20)24(30)27(21)2/h3-6,15-18H,7-14H2,1-2H3/t15-,16?,17?,18?,25?/m0/s1. The van der Waals surface area contributed by atoms with E-state index in [-0.39, 0.29) is 23.2 Å². The Morgan fingerprint density at radius 3 is 2.39 bits per heavy atom. The summed E-state index contributed by atoms with van der Waals surface area (Å²) in [4.78, 5) is 42.9. The van der Waals surface area contributed by atoms with E-state index in [4.69, 9.17) is 4.74 Å². The number of carbonyl (C=O) groups excluding carboxylic acids is 2. The zero-order valence-corrected chi connectivity index (χ0v) is 18.3. The van der Waals surface area contributed by atoms with Gasteiger partial charge in [0, 0.05) is 18.9 Å². The number of fused-ring (bicyclic) bond motifs is 1. The van der Waals surface area contributed by atoms with Crippen molar-refractivity contribution < 1.29 is 14.3 Å². The molecule has 4 saturated carbocycles. The first-order valence-electron chi connectivity index (χ1n) is 11.5. The third kappa shape index (κ3) is 3.60. The second-order valence-corrected chi connectivity index (χ2v) is 10.1. The molecule has 1 aromatic carbocycles. The van der Waals surface area contributed by atoms with Crippen molar-refractivity contribution in [3.8, 4) is 0 Å². The summed E-state index contributed by atoms with van der Waals surface area (Å²) in [6, 6.07) is 7.19. The second-order valence-electron chi connectivity index (χ2n) is 10.1. The Morgan fingerprint density at radius 1 is 1.13 bits per heavy atom. The van der Waals surface area contributed by atoms with Crippen molar-refractivity contribution in [2.24, 2.45) is 30.2 Å². The van der Waals surface area contributed by atoms with Crippen LogP contribution in [0.5, 0.6) is 0 Å². The lowest BCUT2D eigenvalue weighted by Crippen LogP contribution is -2.52. The van der Waals surface area contributed by atoms with Crippen LogP contribution in [0.25, 0.3) is 10.9 Å². The van der Waals surface area contributed by atoms with Crippen molar-refractivity contribution in [1.82, 2.24) is 9.55 Å². The molecule has 0 unspecified atom stereocenters. The molecule has 0 aliphatic heterocycles. The highest BCUT2D eigenvalue weighted by Crippen LogP contribution is 2.60. The fourth-order valence-corrected chi connectivity index (χ4v) is 6.85. The molecule has 31 heavy (non-hydrogen) atoms. The van der Waals surface area contributed by atoms with Gasteiger partial charge in [-0.25, -0.2) is 4.98 Å². The summed E-state index contributed by atoms with van der Waals surface area (Å²) in [7, 11) is 1.67. The molecule has 1 atom stereocenters. The van der Waals surface area contributed by atoms with Gasteiger partial charge in [-0.1, -0.05) is 12.1 Å². The van der Waals surface area contributed by atoms with E-state index in [9.17, 15) is 14.4 Å². The highest BCUT2D eigenvalue weighted by molar-refractivity contribution is 5.90. The van der Waals surface area contributed by atoms with E-state index in [1.54, 1.807) is 26.1 Å². The van der Waals surface area contributed by atoms with Crippen molar-refractivity contribution in [3.63, 3.8) is 0 Å². The number of hydrogen-bond donors (Lipinski definition) is 0. The fraction of sp³-hybridized carbons (Fsp3) is 0.600. The number of hydrogen-bond acceptors (Lipinski definition) is 5. The van der Waals surface area contributed by atoms with Gasteiger partial charge >= 0.3 is 5.97 Å². The van der Waals surface area contributed by atoms with Crippen LogP contribution in [0.3, 0.4) is 0 Å². The highest BCUT2D eigenvalue weighted by atomic mass is 16.5. The first-order chi connectivity index (χ1) is 14.8. The molecule has 4 fully saturated rings. The van der Waals surface area contributed by atoms with Crippen LogP contribution in [0.4, 0.5) is 0 Å². The molecule has 4 bridgehead atoms. The Morgan fingerprint density at radius 2 is 1.74 bits per heavy atom. The summed E-state index contributed by atoms with van der Waals surface area (Å²) in [6.07, 6.45) is 6.44. The molecule has 164 valence electrons. The SMILES string of the molecule is C[C@H](OC(=O)CCc1nc2ccccc2c(=O)n1C)C(=O)C12CC3CC(CC(C3)C1)C2. The van der Waals surface area contributed by atoms with Crippen LogP contribution in [0.2, 0.25) is 0 Å². The minimum atomic E-state index is -0.711. The molecular weight excluding hydrogens is 392 g/mol. The number of ketones is 1. The number of carbonyl (C=O) groups is 2. The predicted molar refractivity (Wildman–Crippen MR) is 116 cm³/mol. The average molecular weight is 423 g/mol. The van der Waals surface area contributed by atoms with Gasteiger partial charge in [0.15, 0.2) is 11.9 Å². The van der Waals surface area contributed by atoms with E-state index >= 15 is 0 Å². The van der Waals surface area contributed by atoms with Crippen LogP contribution in [0.1, 0.15) is 57.7 Å². The first kappa shape index (κ1) is 20.4. The maximum absolute atomic E-state index is 13.3. The van der Waals surface area contributed by atoms with Gasteiger partial charge in [-0.3, -0.25) is 19.0 Å². The van der Waals surface area contributed by atoms with Crippen LogP contribution < -0.4 is 5.56 Å². The number of nitrogens with zero attached hydrogens (tertiary/aromatic N) is 2. The number of aryl methyl sites for hydroxylation is 1. The van der Waals surface area contributed by atoms with Crippen LogP contribution in [-0.2, 0) is 27.8 Å². The molecule has 4 aliphatic rings. The van der Waals surface area contributed by atoms with Gasteiger partial charge in [0.2, 0.25) is 0 Å². The zero-order chi connectivity index (χ0) is 21.8. The van der Waals surface area contributed by atoms with Gasteiger partial charge in [-0.2, -0.15) is 0 Å². The van der Waals surface area contributed by atoms with Crippen LogP contribution >= 0.6 is 0 Å². The number of para-hydroxylation sites is 1. The van der Waals surface area contributed by atoms with E-state index in [1.807, 2.05) is 12.1 Å². The van der Waals surface area contributed by atoms with Crippen molar-refractivity contribution >= 4 is 22.7 Å². The summed E-state index contributed by atoms with van der Waals surface area (Å²) >= 11 is 0.